The Labute approximate surface area is 176 Å². The number of rotatable bonds is 7. The Morgan fingerprint density at radius 3 is 2.62 bits per heavy atom. The minimum atomic E-state index is -0.582. The summed E-state index contributed by atoms with van der Waals surface area (Å²) >= 11 is 11.9. The Bertz CT molecular complexity index is 1050. The van der Waals surface area contributed by atoms with Crippen LogP contribution in [0.2, 0.25) is 10.0 Å². The Hall–Kier alpha value is -3.03. The van der Waals surface area contributed by atoms with Crippen LogP contribution in [0.4, 0.5) is 0 Å². The first kappa shape index (κ1) is 20.7. The fourth-order valence-electron chi connectivity index (χ4n) is 2.38. The summed E-state index contributed by atoms with van der Waals surface area (Å²) in [5.41, 5.74) is 1.31. The predicted molar refractivity (Wildman–Crippen MR) is 108 cm³/mol. The molecule has 3 aromatic rings. The van der Waals surface area contributed by atoms with Gasteiger partial charge in [-0.25, -0.2) is 4.79 Å². The van der Waals surface area contributed by atoms with Crippen molar-refractivity contribution in [3.8, 4) is 22.9 Å². The average Bonchev–Trinajstić information content (AvgIpc) is 3.20. The van der Waals surface area contributed by atoms with Crippen LogP contribution in [0.25, 0.3) is 17.5 Å². The van der Waals surface area contributed by atoms with E-state index in [0.717, 1.165) is 0 Å². The number of halogens is 2. The van der Waals surface area contributed by atoms with Gasteiger partial charge in [-0.3, -0.25) is 0 Å². The Morgan fingerprint density at radius 2 is 1.90 bits per heavy atom. The summed E-state index contributed by atoms with van der Waals surface area (Å²) in [5, 5.41) is 4.83. The van der Waals surface area contributed by atoms with Crippen LogP contribution in [0.1, 0.15) is 11.5 Å². The van der Waals surface area contributed by atoms with Crippen LogP contribution in [0.3, 0.4) is 0 Å². The summed E-state index contributed by atoms with van der Waals surface area (Å²) in [6, 6.07) is 10.2. The molecule has 0 bridgehead atoms. The van der Waals surface area contributed by atoms with Crippen molar-refractivity contribution < 1.29 is 23.5 Å². The lowest BCUT2D eigenvalue weighted by Gasteiger charge is -2.07. The van der Waals surface area contributed by atoms with Crippen molar-refractivity contribution in [2.45, 2.75) is 6.61 Å². The highest BCUT2D eigenvalue weighted by Crippen LogP contribution is 2.31. The molecule has 3 rings (SSSR count). The molecule has 0 spiro atoms. The zero-order chi connectivity index (χ0) is 20.8. The first-order valence-corrected chi connectivity index (χ1v) is 9.10. The van der Waals surface area contributed by atoms with Gasteiger partial charge in [0.05, 0.1) is 14.2 Å². The lowest BCUT2D eigenvalue weighted by molar-refractivity contribution is -0.139. The summed E-state index contributed by atoms with van der Waals surface area (Å²) in [4.78, 5) is 16.1. The Balaban J connectivity index is 1.61. The molecule has 9 heteroatoms. The number of methoxy groups -OCH3 is 2. The second kappa shape index (κ2) is 9.45. The topological polar surface area (TPSA) is 83.7 Å². The SMILES string of the molecule is COc1ccc(-c2noc(COC(=O)/C=C/c3ccc(Cl)cc3Cl)n2)cc1OC. The van der Waals surface area contributed by atoms with Crippen molar-refractivity contribution in [3.05, 3.63) is 64.0 Å². The molecule has 2 aromatic carbocycles. The maximum atomic E-state index is 11.9. The van der Waals surface area contributed by atoms with E-state index in [-0.39, 0.29) is 12.5 Å². The van der Waals surface area contributed by atoms with E-state index in [1.807, 2.05) is 0 Å². The van der Waals surface area contributed by atoms with Gasteiger partial charge in [-0.15, -0.1) is 0 Å². The van der Waals surface area contributed by atoms with Crippen molar-refractivity contribution >= 4 is 35.2 Å². The molecule has 0 atom stereocenters. The van der Waals surface area contributed by atoms with Gasteiger partial charge in [0.2, 0.25) is 5.82 Å². The molecule has 0 aliphatic heterocycles. The number of hydrogen-bond donors (Lipinski definition) is 0. The van der Waals surface area contributed by atoms with E-state index in [2.05, 4.69) is 10.1 Å². The summed E-state index contributed by atoms with van der Waals surface area (Å²) in [5.74, 6) is 1.03. The highest BCUT2D eigenvalue weighted by atomic mass is 35.5. The lowest BCUT2D eigenvalue weighted by Crippen LogP contribution is -2.01. The molecular formula is C20H16Cl2N2O5. The van der Waals surface area contributed by atoms with Gasteiger partial charge >= 0.3 is 5.97 Å². The third-order valence-corrected chi connectivity index (χ3v) is 4.37. The predicted octanol–water partition coefficient (Wildman–Crippen LogP) is 4.82. The molecule has 0 N–H and O–H groups in total. The van der Waals surface area contributed by atoms with Crippen molar-refractivity contribution in [3.63, 3.8) is 0 Å². The van der Waals surface area contributed by atoms with Gasteiger partial charge in [-0.2, -0.15) is 4.98 Å². The van der Waals surface area contributed by atoms with Crippen LogP contribution < -0.4 is 9.47 Å². The van der Waals surface area contributed by atoms with Crippen molar-refractivity contribution in [1.82, 2.24) is 10.1 Å². The number of carbonyl (C=O) groups is 1. The van der Waals surface area contributed by atoms with E-state index < -0.39 is 5.97 Å². The zero-order valence-electron chi connectivity index (χ0n) is 15.5. The molecule has 0 amide bonds. The van der Waals surface area contributed by atoms with E-state index in [4.69, 9.17) is 41.9 Å². The van der Waals surface area contributed by atoms with Gasteiger partial charge in [0.15, 0.2) is 18.1 Å². The first-order valence-electron chi connectivity index (χ1n) is 8.35. The summed E-state index contributed by atoms with van der Waals surface area (Å²) in [6.07, 6.45) is 2.78. The van der Waals surface area contributed by atoms with Gasteiger partial charge < -0.3 is 18.7 Å². The molecule has 0 saturated carbocycles. The van der Waals surface area contributed by atoms with Gasteiger partial charge in [0.25, 0.3) is 5.89 Å². The number of ether oxygens (including phenoxy) is 3. The van der Waals surface area contributed by atoms with E-state index in [9.17, 15) is 4.79 Å². The first-order chi connectivity index (χ1) is 14.0. The number of aromatic nitrogens is 2. The van der Waals surface area contributed by atoms with Gasteiger partial charge in [-0.05, 0) is 42.0 Å². The van der Waals surface area contributed by atoms with Crippen LogP contribution in [0, 0.1) is 0 Å². The molecular weight excluding hydrogens is 419 g/mol. The maximum absolute atomic E-state index is 11.9. The van der Waals surface area contributed by atoms with E-state index >= 15 is 0 Å². The summed E-state index contributed by atoms with van der Waals surface area (Å²) in [6.45, 7) is -0.169. The summed E-state index contributed by atoms with van der Waals surface area (Å²) < 4.78 is 20.7. The van der Waals surface area contributed by atoms with E-state index in [1.54, 1.807) is 43.5 Å². The number of nitrogens with zero attached hydrogens (tertiary/aromatic N) is 2. The second-order valence-electron chi connectivity index (χ2n) is 5.69. The third-order valence-electron chi connectivity index (χ3n) is 3.81. The lowest BCUT2D eigenvalue weighted by atomic mass is 10.2. The van der Waals surface area contributed by atoms with Crippen LogP contribution in [-0.4, -0.2) is 30.3 Å². The molecule has 0 saturated heterocycles. The largest absolute Gasteiger partial charge is 0.493 e. The number of hydrogen-bond acceptors (Lipinski definition) is 7. The molecule has 29 heavy (non-hydrogen) atoms. The number of esters is 1. The minimum Gasteiger partial charge on any atom is -0.493 e. The Morgan fingerprint density at radius 1 is 1.10 bits per heavy atom. The molecule has 1 aromatic heterocycles. The molecule has 0 radical (unpaired) electrons. The molecule has 0 fully saturated rings. The molecule has 0 aliphatic rings. The van der Waals surface area contributed by atoms with Crippen LogP contribution in [0.5, 0.6) is 11.5 Å². The van der Waals surface area contributed by atoms with Gasteiger partial charge in [0.1, 0.15) is 0 Å². The van der Waals surface area contributed by atoms with Crippen molar-refractivity contribution in [2.24, 2.45) is 0 Å². The third kappa shape index (κ3) is 5.28. The molecule has 1 heterocycles. The van der Waals surface area contributed by atoms with Crippen LogP contribution in [0.15, 0.2) is 47.0 Å². The molecule has 0 aliphatic carbocycles. The van der Waals surface area contributed by atoms with Crippen molar-refractivity contribution in [2.75, 3.05) is 14.2 Å². The molecule has 150 valence electrons. The zero-order valence-corrected chi connectivity index (χ0v) is 17.0. The fraction of sp³-hybridized carbons (Fsp3) is 0.150. The molecule has 0 unspecified atom stereocenters. The second-order valence-corrected chi connectivity index (χ2v) is 6.53. The maximum Gasteiger partial charge on any atom is 0.331 e. The highest BCUT2D eigenvalue weighted by Gasteiger charge is 2.13. The summed E-state index contributed by atoms with van der Waals surface area (Å²) in [7, 11) is 3.08. The normalized spacial score (nSPS) is 10.9. The quantitative estimate of drug-likeness (QED) is 0.389. The van der Waals surface area contributed by atoms with E-state index in [1.165, 1.54) is 19.3 Å². The number of carbonyl (C=O) groups excluding carboxylic acids is 1. The van der Waals surface area contributed by atoms with Gasteiger partial charge in [0, 0.05) is 21.7 Å². The highest BCUT2D eigenvalue weighted by molar-refractivity contribution is 6.35. The van der Waals surface area contributed by atoms with Crippen LogP contribution in [-0.2, 0) is 16.1 Å². The van der Waals surface area contributed by atoms with Crippen LogP contribution >= 0.6 is 23.2 Å². The average molecular weight is 435 g/mol. The van der Waals surface area contributed by atoms with E-state index in [0.29, 0.717) is 38.5 Å². The smallest absolute Gasteiger partial charge is 0.331 e. The van der Waals surface area contributed by atoms with Gasteiger partial charge in [-0.1, -0.05) is 34.4 Å². The fourth-order valence-corrected chi connectivity index (χ4v) is 2.85. The minimum absolute atomic E-state index is 0.154. The standard InChI is InChI=1S/C20H16Cl2N2O5/c1-26-16-7-4-13(9-17(16)27-2)20-23-18(29-24-20)11-28-19(25)8-5-12-3-6-14(21)10-15(12)22/h3-10H,11H2,1-2H3/b8-5+. The van der Waals surface area contributed by atoms with Crippen molar-refractivity contribution in [1.29, 1.82) is 0 Å². The number of benzene rings is 2. The Kier molecular flexibility index (Phi) is 6.74. The molecule has 7 nitrogen and oxygen atoms in total. The monoisotopic (exact) mass is 434 g/mol.